The second kappa shape index (κ2) is 4.20. The number of anilines is 1. The second-order valence-corrected chi connectivity index (χ2v) is 4.87. The van der Waals surface area contributed by atoms with E-state index in [0.29, 0.717) is 0 Å². The first-order chi connectivity index (χ1) is 9.52. The molecule has 0 bridgehead atoms. The Morgan fingerprint density at radius 2 is 2.00 bits per heavy atom. The highest BCUT2D eigenvalue weighted by atomic mass is 32.1. The molecule has 3 heterocycles. The number of carboxylic acids is 1. The molecule has 0 unspecified atom stereocenters. The lowest BCUT2D eigenvalue weighted by molar-refractivity contribution is 0.0697. The maximum atomic E-state index is 12.3. The first kappa shape index (κ1) is 12.4. The van der Waals surface area contributed by atoms with E-state index in [0.717, 1.165) is 16.4 Å². The summed E-state index contributed by atoms with van der Waals surface area (Å²) >= 11 is 0.813. The highest BCUT2D eigenvalue weighted by Crippen LogP contribution is 2.34. The maximum Gasteiger partial charge on any atom is 0.340 e. The van der Waals surface area contributed by atoms with Crippen molar-refractivity contribution in [3.63, 3.8) is 0 Å². The van der Waals surface area contributed by atoms with E-state index in [1.807, 2.05) is 0 Å². The molecule has 20 heavy (non-hydrogen) atoms. The molecule has 0 radical (unpaired) electrons. The molecule has 3 rings (SSSR count). The van der Waals surface area contributed by atoms with Crippen molar-refractivity contribution in [3.8, 4) is 0 Å². The number of imide groups is 1. The summed E-state index contributed by atoms with van der Waals surface area (Å²) in [7, 11) is 0. The molecule has 100 valence electrons. The summed E-state index contributed by atoms with van der Waals surface area (Å²) < 4.78 is 3.91. The Kier molecular flexibility index (Phi) is 2.61. The average molecular weight is 289 g/mol. The molecule has 2 aromatic heterocycles. The standard InChI is InChI=1S/C12H7N3O4S/c1-5-8(12(18)19)11(20-14-5)15-9(16)6-2-3-13-4-7(6)10(15)17/h2-4H,1H3,(H,18,19). The lowest BCUT2D eigenvalue weighted by atomic mass is 10.2. The minimum Gasteiger partial charge on any atom is -0.478 e. The molecule has 0 spiro atoms. The third-order valence-electron chi connectivity index (χ3n) is 2.95. The van der Waals surface area contributed by atoms with E-state index in [1.165, 1.54) is 25.4 Å². The fourth-order valence-corrected chi connectivity index (χ4v) is 2.91. The molecule has 0 aliphatic carbocycles. The van der Waals surface area contributed by atoms with Crippen molar-refractivity contribution >= 4 is 34.3 Å². The van der Waals surface area contributed by atoms with E-state index >= 15 is 0 Å². The SMILES string of the molecule is Cc1nsc(N2C(=O)c3ccncc3C2=O)c1C(=O)O. The normalized spacial score (nSPS) is 13.8. The molecule has 1 aliphatic rings. The molecule has 0 fully saturated rings. The molecule has 7 nitrogen and oxygen atoms in total. The predicted octanol–water partition coefficient (Wildman–Crippen LogP) is 1.35. The number of carboxylic acid groups (broad SMARTS) is 1. The van der Waals surface area contributed by atoms with E-state index in [9.17, 15) is 19.5 Å². The van der Waals surface area contributed by atoms with Crippen molar-refractivity contribution in [1.29, 1.82) is 0 Å². The second-order valence-electron chi connectivity index (χ2n) is 4.12. The Labute approximate surface area is 116 Å². The molecular formula is C12H7N3O4S. The summed E-state index contributed by atoms with van der Waals surface area (Å²) in [5, 5.41) is 9.22. The van der Waals surface area contributed by atoms with Crippen molar-refractivity contribution in [1.82, 2.24) is 9.36 Å². The van der Waals surface area contributed by atoms with Crippen LogP contribution >= 0.6 is 11.5 Å². The van der Waals surface area contributed by atoms with Crippen molar-refractivity contribution in [2.45, 2.75) is 6.92 Å². The molecule has 0 aromatic carbocycles. The zero-order valence-corrected chi connectivity index (χ0v) is 11.0. The average Bonchev–Trinajstić information content (AvgIpc) is 2.90. The highest BCUT2D eigenvalue weighted by molar-refractivity contribution is 7.11. The van der Waals surface area contributed by atoms with Crippen LogP contribution in [-0.4, -0.2) is 32.2 Å². The van der Waals surface area contributed by atoms with Gasteiger partial charge in [-0.15, -0.1) is 0 Å². The zero-order chi connectivity index (χ0) is 14.4. The van der Waals surface area contributed by atoms with Crippen LogP contribution in [-0.2, 0) is 0 Å². The number of carbonyl (C=O) groups excluding carboxylic acids is 2. The summed E-state index contributed by atoms with van der Waals surface area (Å²) in [6.07, 6.45) is 2.70. The molecule has 0 saturated carbocycles. The number of pyridine rings is 1. The minimum absolute atomic E-state index is 0.0289. The molecule has 0 saturated heterocycles. The van der Waals surface area contributed by atoms with Gasteiger partial charge in [0.25, 0.3) is 11.8 Å². The Balaban J connectivity index is 2.17. The quantitative estimate of drug-likeness (QED) is 0.837. The summed E-state index contributed by atoms with van der Waals surface area (Å²) in [6, 6.07) is 1.43. The van der Waals surface area contributed by atoms with Gasteiger partial charge in [-0.2, -0.15) is 4.37 Å². The van der Waals surface area contributed by atoms with Crippen LogP contribution in [0.3, 0.4) is 0 Å². The smallest absolute Gasteiger partial charge is 0.340 e. The number of amides is 2. The van der Waals surface area contributed by atoms with Crippen LogP contribution in [0.5, 0.6) is 0 Å². The van der Waals surface area contributed by atoms with Crippen molar-refractivity contribution < 1.29 is 19.5 Å². The first-order valence-electron chi connectivity index (χ1n) is 5.54. The summed E-state index contributed by atoms with van der Waals surface area (Å²) in [5.41, 5.74) is 0.525. The third kappa shape index (κ3) is 1.55. The van der Waals surface area contributed by atoms with E-state index in [4.69, 9.17) is 0 Å². The molecule has 0 atom stereocenters. The minimum atomic E-state index is -1.22. The van der Waals surface area contributed by atoms with E-state index in [1.54, 1.807) is 0 Å². The molecule has 2 aromatic rings. The number of aromatic nitrogens is 2. The van der Waals surface area contributed by atoms with Gasteiger partial charge in [0.1, 0.15) is 10.6 Å². The molecule has 1 N–H and O–H groups in total. The number of hydrogen-bond acceptors (Lipinski definition) is 6. The molecule has 8 heteroatoms. The number of carbonyl (C=O) groups is 3. The summed E-state index contributed by atoms with van der Waals surface area (Å²) in [5.74, 6) is -2.36. The maximum absolute atomic E-state index is 12.3. The van der Waals surface area contributed by atoms with Gasteiger partial charge in [0, 0.05) is 12.4 Å². The van der Waals surface area contributed by atoms with Gasteiger partial charge in [0.2, 0.25) is 0 Å². The Morgan fingerprint density at radius 3 is 2.65 bits per heavy atom. The number of aryl methyl sites for hydroxylation is 1. The van der Waals surface area contributed by atoms with Gasteiger partial charge in [-0.3, -0.25) is 14.6 Å². The van der Waals surface area contributed by atoms with Crippen LogP contribution < -0.4 is 4.90 Å². The fraction of sp³-hybridized carbons (Fsp3) is 0.0833. The van der Waals surface area contributed by atoms with Crippen molar-refractivity contribution in [3.05, 3.63) is 40.8 Å². The van der Waals surface area contributed by atoms with Crippen LogP contribution in [0.25, 0.3) is 0 Å². The Morgan fingerprint density at radius 1 is 1.30 bits per heavy atom. The van der Waals surface area contributed by atoms with E-state index in [2.05, 4.69) is 9.36 Å². The Hall–Kier alpha value is -2.61. The van der Waals surface area contributed by atoms with Gasteiger partial charge in [-0.25, -0.2) is 9.69 Å². The number of hydrogen-bond donors (Lipinski definition) is 1. The lowest BCUT2D eigenvalue weighted by Gasteiger charge is -2.11. The van der Waals surface area contributed by atoms with Gasteiger partial charge >= 0.3 is 5.97 Å². The zero-order valence-electron chi connectivity index (χ0n) is 10.2. The predicted molar refractivity (Wildman–Crippen MR) is 69.2 cm³/mol. The highest BCUT2D eigenvalue weighted by Gasteiger charge is 2.40. The van der Waals surface area contributed by atoms with Crippen LogP contribution in [0.15, 0.2) is 18.5 Å². The first-order valence-corrected chi connectivity index (χ1v) is 6.32. The topological polar surface area (TPSA) is 100 Å². The summed E-state index contributed by atoms with van der Waals surface area (Å²) in [6.45, 7) is 1.52. The summed E-state index contributed by atoms with van der Waals surface area (Å²) in [4.78, 5) is 40.4. The number of fused-ring (bicyclic) bond motifs is 1. The number of aromatic carboxylic acids is 1. The Bertz CT molecular complexity index is 733. The largest absolute Gasteiger partial charge is 0.478 e. The van der Waals surface area contributed by atoms with Crippen LogP contribution in [0.2, 0.25) is 0 Å². The molecule has 2 amide bonds. The number of rotatable bonds is 2. The van der Waals surface area contributed by atoms with Gasteiger partial charge in [0.05, 0.1) is 16.8 Å². The van der Waals surface area contributed by atoms with E-state index in [-0.39, 0.29) is 27.4 Å². The van der Waals surface area contributed by atoms with Crippen molar-refractivity contribution in [2.75, 3.05) is 4.90 Å². The van der Waals surface area contributed by atoms with Crippen LogP contribution in [0, 0.1) is 6.92 Å². The van der Waals surface area contributed by atoms with Crippen LogP contribution in [0.1, 0.15) is 36.8 Å². The van der Waals surface area contributed by atoms with Gasteiger partial charge < -0.3 is 5.11 Å². The number of nitrogens with zero attached hydrogens (tertiary/aromatic N) is 3. The molecule has 1 aliphatic heterocycles. The van der Waals surface area contributed by atoms with Crippen LogP contribution in [0.4, 0.5) is 5.00 Å². The molecular weight excluding hydrogens is 282 g/mol. The van der Waals surface area contributed by atoms with E-state index < -0.39 is 17.8 Å². The van der Waals surface area contributed by atoms with Gasteiger partial charge in [-0.05, 0) is 24.5 Å². The fourth-order valence-electron chi connectivity index (χ4n) is 2.03. The van der Waals surface area contributed by atoms with Gasteiger partial charge in [-0.1, -0.05) is 0 Å². The third-order valence-corrected chi connectivity index (χ3v) is 3.87. The lowest BCUT2D eigenvalue weighted by Crippen LogP contribution is -2.30. The van der Waals surface area contributed by atoms with Crippen molar-refractivity contribution in [2.24, 2.45) is 0 Å². The monoisotopic (exact) mass is 289 g/mol. The van der Waals surface area contributed by atoms with Gasteiger partial charge in [0.15, 0.2) is 0 Å².